The standard InChI is InChI=1S/C26H32F2N2/c1-4-6-19(14-30-16-26(17-30)13-18(3)29-15-26)11-23(20-7-8-20)22(5-2)21-9-10-24(27)25(28)12-21/h4,6,9-12,20H,5,7-8,13-17H2,1-3H3/b6-4+,19-11+,23-22-. The lowest BCUT2D eigenvalue weighted by molar-refractivity contribution is 0.0288. The normalized spacial score (nSPS) is 22.4. The van der Waals surface area contributed by atoms with Gasteiger partial charge in [0.05, 0.1) is 0 Å². The molecule has 30 heavy (non-hydrogen) atoms. The minimum absolute atomic E-state index is 0.375. The third-order valence-corrected chi connectivity index (χ3v) is 6.55. The lowest BCUT2D eigenvalue weighted by Crippen LogP contribution is -2.57. The topological polar surface area (TPSA) is 15.6 Å². The van der Waals surface area contributed by atoms with Crippen LogP contribution >= 0.6 is 0 Å². The van der Waals surface area contributed by atoms with E-state index in [0.29, 0.717) is 11.3 Å². The van der Waals surface area contributed by atoms with Gasteiger partial charge in [0.15, 0.2) is 11.6 Å². The van der Waals surface area contributed by atoms with Crippen LogP contribution in [0.1, 0.15) is 52.0 Å². The number of likely N-dealkylation sites (tertiary alicyclic amines) is 1. The average molecular weight is 411 g/mol. The molecule has 0 aromatic heterocycles. The van der Waals surface area contributed by atoms with Crippen molar-refractivity contribution in [3.05, 3.63) is 64.8 Å². The van der Waals surface area contributed by atoms with E-state index in [4.69, 9.17) is 0 Å². The maximum Gasteiger partial charge on any atom is 0.159 e. The molecule has 3 aliphatic rings. The van der Waals surface area contributed by atoms with Crippen molar-refractivity contribution in [2.45, 2.75) is 46.5 Å². The number of nitrogens with zero attached hydrogens (tertiary/aromatic N) is 2. The molecule has 0 radical (unpaired) electrons. The molecule has 0 atom stereocenters. The first-order chi connectivity index (χ1) is 14.4. The fourth-order valence-electron chi connectivity index (χ4n) is 5.11. The van der Waals surface area contributed by atoms with E-state index in [-0.39, 0.29) is 0 Å². The van der Waals surface area contributed by atoms with E-state index in [9.17, 15) is 8.78 Å². The largest absolute Gasteiger partial charge is 0.298 e. The van der Waals surface area contributed by atoms with Crippen molar-refractivity contribution in [1.82, 2.24) is 4.90 Å². The molecule has 1 aliphatic carbocycles. The highest BCUT2D eigenvalue weighted by atomic mass is 19.2. The first-order valence-corrected chi connectivity index (χ1v) is 11.2. The van der Waals surface area contributed by atoms with Gasteiger partial charge >= 0.3 is 0 Å². The lowest BCUT2D eigenvalue weighted by Gasteiger charge is -2.48. The van der Waals surface area contributed by atoms with Crippen molar-refractivity contribution in [3.8, 4) is 0 Å². The first kappa shape index (κ1) is 21.2. The minimum Gasteiger partial charge on any atom is -0.298 e. The fourth-order valence-corrected chi connectivity index (χ4v) is 5.11. The fraction of sp³-hybridized carbons (Fsp3) is 0.500. The molecule has 2 aliphatic heterocycles. The molecule has 1 saturated carbocycles. The molecule has 2 fully saturated rings. The number of hydrogen-bond acceptors (Lipinski definition) is 2. The Labute approximate surface area is 179 Å². The Morgan fingerprint density at radius 3 is 2.57 bits per heavy atom. The Morgan fingerprint density at radius 2 is 2.00 bits per heavy atom. The van der Waals surface area contributed by atoms with Crippen molar-refractivity contribution in [3.63, 3.8) is 0 Å². The Morgan fingerprint density at radius 1 is 1.23 bits per heavy atom. The van der Waals surface area contributed by atoms with E-state index in [1.54, 1.807) is 6.07 Å². The van der Waals surface area contributed by atoms with Crippen LogP contribution in [0, 0.1) is 23.0 Å². The molecular weight excluding hydrogens is 378 g/mol. The number of hydrogen-bond donors (Lipinski definition) is 0. The quantitative estimate of drug-likeness (QED) is 0.488. The van der Waals surface area contributed by atoms with Crippen molar-refractivity contribution < 1.29 is 8.78 Å². The van der Waals surface area contributed by atoms with Gasteiger partial charge in [-0.15, -0.1) is 0 Å². The van der Waals surface area contributed by atoms with Gasteiger partial charge in [-0.05, 0) is 79.9 Å². The van der Waals surface area contributed by atoms with Gasteiger partial charge in [-0.25, -0.2) is 8.78 Å². The minimum atomic E-state index is -0.787. The van der Waals surface area contributed by atoms with Gasteiger partial charge < -0.3 is 0 Å². The van der Waals surface area contributed by atoms with E-state index >= 15 is 0 Å². The zero-order valence-electron chi connectivity index (χ0n) is 18.3. The second-order valence-electron chi connectivity index (χ2n) is 9.28. The molecular formula is C26H32F2N2. The van der Waals surface area contributed by atoms with Gasteiger partial charge in [0.1, 0.15) is 0 Å². The van der Waals surface area contributed by atoms with Crippen LogP contribution in [0.3, 0.4) is 0 Å². The van der Waals surface area contributed by atoms with Crippen LogP contribution in [-0.4, -0.2) is 36.8 Å². The number of aliphatic imine (C=N–C) groups is 1. The van der Waals surface area contributed by atoms with E-state index in [1.165, 1.54) is 41.8 Å². The second kappa shape index (κ2) is 8.58. The van der Waals surface area contributed by atoms with Crippen molar-refractivity contribution in [2.75, 3.05) is 26.2 Å². The smallest absolute Gasteiger partial charge is 0.159 e. The molecule has 0 bridgehead atoms. The van der Waals surface area contributed by atoms with Gasteiger partial charge in [-0.1, -0.05) is 31.2 Å². The van der Waals surface area contributed by atoms with Crippen molar-refractivity contribution >= 4 is 11.3 Å². The summed E-state index contributed by atoms with van der Waals surface area (Å²) >= 11 is 0. The SMILES string of the molecule is C/C=C/C(=C\C(=C(/CC)c1ccc(F)c(F)c1)C1CC1)CN1CC2(CN=C(C)C2)C1. The Bertz CT molecular complexity index is 928. The Balaban J connectivity index is 1.58. The van der Waals surface area contributed by atoms with E-state index in [0.717, 1.165) is 50.2 Å². The predicted molar refractivity (Wildman–Crippen MR) is 121 cm³/mol. The predicted octanol–water partition coefficient (Wildman–Crippen LogP) is 6.21. The molecule has 1 saturated heterocycles. The molecule has 2 heterocycles. The van der Waals surface area contributed by atoms with E-state index in [1.807, 2.05) is 0 Å². The third-order valence-electron chi connectivity index (χ3n) is 6.55. The molecule has 4 rings (SSSR count). The molecule has 0 unspecified atom stereocenters. The van der Waals surface area contributed by atoms with E-state index < -0.39 is 11.6 Å². The Hall–Kier alpha value is -2.07. The highest BCUT2D eigenvalue weighted by Gasteiger charge is 2.45. The van der Waals surface area contributed by atoms with Crippen molar-refractivity contribution in [2.24, 2.45) is 16.3 Å². The van der Waals surface area contributed by atoms with Gasteiger partial charge in [0.2, 0.25) is 0 Å². The molecule has 0 amide bonds. The summed E-state index contributed by atoms with van der Waals surface area (Å²) in [6, 6.07) is 4.30. The van der Waals surface area contributed by atoms with Gasteiger partial charge in [-0.2, -0.15) is 0 Å². The lowest BCUT2D eigenvalue weighted by atomic mass is 9.77. The van der Waals surface area contributed by atoms with Gasteiger partial charge in [0.25, 0.3) is 0 Å². The summed E-state index contributed by atoms with van der Waals surface area (Å²) in [5, 5.41) is 0. The summed E-state index contributed by atoms with van der Waals surface area (Å²) in [6.45, 7) is 10.4. The van der Waals surface area contributed by atoms with Crippen LogP contribution in [-0.2, 0) is 0 Å². The van der Waals surface area contributed by atoms with Gasteiger partial charge in [-0.3, -0.25) is 9.89 Å². The first-order valence-electron chi connectivity index (χ1n) is 11.2. The number of rotatable bonds is 7. The van der Waals surface area contributed by atoms with Gasteiger partial charge in [0, 0.05) is 37.3 Å². The monoisotopic (exact) mass is 410 g/mol. The molecule has 1 spiro atoms. The molecule has 1 aromatic carbocycles. The maximum absolute atomic E-state index is 13.9. The molecule has 4 heteroatoms. The van der Waals surface area contributed by atoms with E-state index in [2.05, 4.69) is 48.9 Å². The highest BCUT2D eigenvalue weighted by Crippen LogP contribution is 2.43. The van der Waals surface area contributed by atoms with Crippen LogP contribution < -0.4 is 0 Å². The highest BCUT2D eigenvalue weighted by molar-refractivity contribution is 5.84. The molecule has 0 N–H and O–H groups in total. The summed E-state index contributed by atoms with van der Waals surface area (Å²) in [5.41, 5.74) is 6.19. The average Bonchev–Trinajstić information content (AvgIpc) is 3.46. The van der Waals surface area contributed by atoms with Crippen LogP contribution in [0.4, 0.5) is 8.78 Å². The summed E-state index contributed by atoms with van der Waals surface area (Å²) in [6.07, 6.45) is 10.9. The summed E-state index contributed by atoms with van der Waals surface area (Å²) in [7, 11) is 0. The number of benzene rings is 1. The summed E-state index contributed by atoms with van der Waals surface area (Å²) < 4.78 is 27.4. The zero-order valence-corrected chi connectivity index (χ0v) is 18.3. The third kappa shape index (κ3) is 4.49. The zero-order chi connectivity index (χ0) is 21.3. The van der Waals surface area contributed by atoms with Crippen molar-refractivity contribution in [1.29, 1.82) is 0 Å². The molecule has 160 valence electrons. The van der Waals surface area contributed by atoms with Crippen LogP contribution in [0.5, 0.6) is 0 Å². The maximum atomic E-state index is 13.9. The van der Waals surface area contributed by atoms with Crippen LogP contribution in [0.25, 0.3) is 5.57 Å². The second-order valence-corrected chi connectivity index (χ2v) is 9.28. The number of allylic oxidation sites excluding steroid dienone is 4. The number of halogens is 2. The van der Waals surface area contributed by atoms with Crippen LogP contribution in [0.2, 0.25) is 0 Å². The molecule has 2 nitrogen and oxygen atoms in total. The molecule has 1 aromatic rings. The van der Waals surface area contributed by atoms with Crippen LogP contribution in [0.15, 0.2) is 52.6 Å². The Kier molecular flexibility index (Phi) is 6.06. The summed E-state index contributed by atoms with van der Waals surface area (Å²) in [4.78, 5) is 7.13. The summed E-state index contributed by atoms with van der Waals surface area (Å²) in [5.74, 6) is -1.03.